The summed E-state index contributed by atoms with van der Waals surface area (Å²) in [5, 5.41) is 16.0. The minimum atomic E-state index is -0.401. The van der Waals surface area contributed by atoms with E-state index in [1.165, 1.54) is 6.07 Å². The van der Waals surface area contributed by atoms with Gasteiger partial charge in [0.1, 0.15) is 5.75 Å². The van der Waals surface area contributed by atoms with Crippen molar-refractivity contribution >= 4 is 16.7 Å². The van der Waals surface area contributed by atoms with Crippen LogP contribution in [0, 0.1) is 10.1 Å². The summed E-state index contributed by atoms with van der Waals surface area (Å²) >= 11 is 0. The number of aromatic amines is 1. The maximum absolute atomic E-state index is 11.1. The van der Waals surface area contributed by atoms with Crippen molar-refractivity contribution in [1.29, 1.82) is 0 Å². The van der Waals surface area contributed by atoms with E-state index in [-0.39, 0.29) is 5.69 Å². The van der Waals surface area contributed by atoms with E-state index in [9.17, 15) is 10.1 Å². The highest BCUT2D eigenvalue weighted by molar-refractivity contribution is 5.87. The Morgan fingerprint density at radius 3 is 2.92 bits per heavy atom. The van der Waals surface area contributed by atoms with E-state index >= 15 is 0 Å². The number of hydrogen-bond acceptors (Lipinski definition) is 5. The van der Waals surface area contributed by atoms with Crippen molar-refractivity contribution in [1.82, 2.24) is 10.1 Å². The van der Waals surface area contributed by atoms with Gasteiger partial charge in [-0.05, 0) is 30.7 Å². The summed E-state index contributed by atoms with van der Waals surface area (Å²) in [5.74, 6) is 1.04. The Balaban J connectivity index is 1.81. The topological polar surface area (TPSA) is 94.2 Å². The van der Waals surface area contributed by atoms with E-state index < -0.39 is 4.92 Å². The van der Waals surface area contributed by atoms with Gasteiger partial charge in [-0.2, -0.15) is 0 Å². The molecule has 7 nitrogen and oxygen atoms in total. The Hall–Kier alpha value is -3.35. The maximum atomic E-state index is 11.1. The summed E-state index contributed by atoms with van der Waals surface area (Å²) in [4.78, 5) is 13.7. The maximum Gasteiger partial charge on any atom is 0.277 e. The molecule has 4 rings (SSSR count). The molecule has 1 aromatic heterocycles. The first-order chi connectivity index (χ1) is 11.7. The highest BCUT2D eigenvalue weighted by Crippen LogP contribution is 2.41. The van der Waals surface area contributed by atoms with E-state index in [2.05, 4.69) is 10.1 Å². The van der Waals surface area contributed by atoms with Gasteiger partial charge in [0.05, 0.1) is 21.6 Å². The molecule has 2 aliphatic rings. The lowest BCUT2D eigenvalue weighted by Crippen LogP contribution is -1.94. The molecule has 0 fully saturated rings. The zero-order chi connectivity index (χ0) is 16.7. The highest BCUT2D eigenvalue weighted by Gasteiger charge is 2.23. The van der Waals surface area contributed by atoms with Gasteiger partial charge in [-0.25, -0.2) is 0 Å². The lowest BCUT2D eigenvalue weighted by Gasteiger charge is -2.10. The first-order valence-corrected chi connectivity index (χ1v) is 7.48. The predicted octanol–water partition coefficient (Wildman–Crippen LogP) is 4.52. The molecule has 0 atom stereocenters. The number of hydrogen-bond donors (Lipinski definition) is 1. The monoisotopic (exact) mass is 323 g/mol. The van der Waals surface area contributed by atoms with E-state index in [0.29, 0.717) is 34.8 Å². The zero-order valence-electron chi connectivity index (χ0n) is 12.8. The third-order valence-corrected chi connectivity index (χ3v) is 3.96. The van der Waals surface area contributed by atoms with E-state index in [1.54, 1.807) is 18.3 Å². The van der Waals surface area contributed by atoms with Gasteiger partial charge in [-0.1, -0.05) is 18.1 Å². The quantitative estimate of drug-likeness (QED) is 0.440. The molecule has 0 radical (unpaired) electrons. The average Bonchev–Trinajstić information content (AvgIpc) is 3.19. The molecule has 0 unspecified atom stereocenters. The van der Waals surface area contributed by atoms with Crippen molar-refractivity contribution in [3.8, 4) is 22.8 Å². The van der Waals surface area contributed by atoms with E-state index in [0.717, 1.165) is 11.1 Å². The lowest BCUT2D eigenvalue weighted by molar-refractivity contribution is -0.383. The molecule has 2 heterocycles. The van der Waals surface area contributed by atoms with Gasteiger partial charge < -0.3 is 14.2 Å². The molecular formula is C17H13N3O4. The molecule has 120 valence electrons. The van der Waals surface area contributed by atoms with Crippen LogP contribution in [0.3, 0.4) is 0 Å². The normalized spacial score (nSPS) is 11.2. The number of pyridine rings is 1. The molecular weight excluding hydrogens is 310 g/mol. The van der Waals surface area contributed by atoms with Crippen LogP contribution in [0.1, 0.15) is 12.6 Å². The van der Waals surface area contributed by atoms with Crippen molar-refractivity contribution < 1.29 is 14.2 Å². The molecule has 2 aromatic rings. The van der Waals surface area contributed by atoms with Gasteiger partial charge in [0, 0.05) is 17.8 Å². The second-order valence-electron chi connectivity index (χ2n) is 5.32. The summed E-state index contributed by atoms with van der Waals surface area (Å²) in [5.41, 5.74) is 2.69. The second-order valence-corrected chi connectivity index (χ2v) is 5.32. The number of nitrogens with zero attached hydrogens (tertiary/aromatic N) is 2. The SMILES string of the molecule is CCc1noc2cccc(Oc3[nH]ccc4c([N+](=O)[O-])ccc3-4)c12. The Labute approximate surface area is 136 Å². The number of nitro groups is 1. The first kappa shape index (κ1) is 14.3. The number of benzene rings is 1. The zero-order valence-corrected chi connectivity index (χ0v) is 12.8. The molecule has 0 spiro atoms. The highest BCUT2D eigenvalue weighted by atomic mass is 16.6. The van der Waals surface area contributed by atoms with Crippen molar-refractivity contribution in [2.75, 3.05) is 0 Å². The molecule has 1 aliphatic heterocycles. The van der Waals surface area contributed by atoms with Crippen molar-refractivity contribution in [2.45, 2.75) is 13.3 Å². The number of H-pyrrole nitrogens is 1. The Morgan fingerprint density at radius 1 is 1.25 bits per heavy atom. The molecule has 24 heavy (non-hydrogen) atoms. The van der Waals surface area contributed by atoms with Crippen molar-refractivity contribution in [2.24, 2.45) is 0 Å². The smallest absolute Gasteiger partial charge is 0.277 e. The lowest BCUT2D eigenvalue weighted by atomic mass is 10.1. The third-order valence-electron chi connectivity index (χ3n) is 3.96. The fourth-order valence-corrected chi connectivity index (χ4v) is 2.83. The molecule has 1 aliphatic carbocycles. The largest absolute Gasteiger partial charge is 0.440 e. The van der Waals surface area contributed by atoms with Crippen molar-refractivity contribution in [3.63, 3.8) is 0 Å². The summed E-state index contributed by atoms with van der Waals surface area (Å²) in [6.07, 6.45) is 2.34. The average molecular weight is 323 g/mol. The number of rotatable bonds is 4. The summed E-state index contributed by atoms with van der Waals surface area (Å²) in [6, 6.07) is 10.3. The van der Waals surface area contributed by atoms with Gasteiger partial charge >= 0.3 is 0 Å². The fraction of sp³-hybridized carbons (Fsp3) is 0.118. The van der Waals surface area contributed by atoms with Gasteiger partial charge in [0.25, 0.3) is 5.69 Å². The van der Waals surface area contributed by atoms with Crippen molar-refractivity contribution in [3.05, 3.63) is 58.4 Å². The van der Waals surface area contributed by atoms with Gasteiger partial charge in [-0.3, -0.25) is 10.1 Å². The van der Waals surface area contributed by atoms with Crippen LogP contribution in [-0.4, -0.2) is 15.1 Å². The van der Waals surface area contributed by atoms with Crippen LogP contribution >= 0.6 is 0 Å². The van der Waals surface area contributed by atoms with Crippen LogP contribution in [0.4, 0.5) is 5.69 Å². The summed E-state index contributed by atoms with van der Waals surface area (Å²) in [7, 11) is 0. The number of fused-ring (bicyclic) bond motifs is 2. The summed E-state index contributed by atoms with van der Waals surface area (Å²) < 4.78 is 11.3. The molecule has 0 bridgehead atoms. The standard InChI is InChI=1S/C17H13N3O4/c1-2-12-16-14(4-3-5-15(16)24-19-12)23-17-11-6-7-13(20(21)22)10(11)8-9-18-17/h3-9,18H,2H2,1H3. The van der Waals surface area contributed by atoms with Crippen LogP contribution in [0.5, 0.6) is 11.6 Å². The van der Waals surface area contributed by atoms with Crippen LogP contribution in [0.15, 0.2) is 47.1 Å². The Bertz CT molecular complexity index is 1020. The molecule has 0 amide bonds. The van der Waals surface area contributed by atoms with E-state index in [1.807, 2.05) is 25.1 Å². The molecule has 0 saturated heterocycles. The van der Waals surface area contributed by atoms with Gasteiger partial charge in [-0.15, -0.1) is 0 Å². The van der Waals surface area contributed by atoms with Crippen LogP contribution in [0.25, 0.3) is 22.1 Å². The second kappa shape index (κ2) is 5.38. The van der Waals surface area contributed by atoms with Gasteiger partial charge in [0.2, 0.25) is 5.88 Å². The number of aromatic nitrogens is 2. The molecule has 1 N–H and O–H groups in total. The molecule has 1 aromatic carbocycles. The number of aryl methyl sites for hydroxylation is 1. The number of nitrogens with one attached hydrogen (secondary N) is 1. The molecule has 7 heteroatoms. The molecule has 0 saturated carbocycles. The predicted molar refractivity (Wildman–Crippen MR) is 87.5 cm³/mol. The van der Waals surface area contributed by atoms with Gasteiger partial charge in [0.15, 0.2) is 5.58 Å². The first-order valence-electron chi connectivity index (χ1n) is 7.48. The van der Waals surface area contributed by atoms with E-state index in [4.69, 9.17) is 9.26 Å². The van der Waals surface area contributed by atoms with Crippen LogP contribution < -0.4 is 4.74 Å². The minimum absolute atomic E-state index is 0.0567. The summed E-state index contributed by atoms with van der Waals surface area (Å²) in [6.45, 7) is 1.99. The number of ether oxygens (including phenoxy) is 1. The third kappa shape index (κ3) is 2.10. The minimum Gasteiger partial charge on any atom is -0.440 e. The Morgan fingerprint density at radius 2 is 2.12 bits per heavy atom. The van der Waals surface area contributed by atoms with Crippen LogP contribution in [0.2, 0.25) is 0 Å². The van der Waals surface area contributed by atoms with Crippen LogP contribution in [-0.2, 0) is 6.42 Å². The fourth-order valence-electron chi connectivity index (χ4n) is 2.83. The Kier molecular flexibility index (Phi) is 3.19.